The fourth-order valence-electron chi connectivity index (χ4n) is 3.15. The summed E-state index contributed by atoms with van der Waals surface area (Å²) in [5.41, 5.74) is -0.957. The first-order chi connectivity index (χ1) is 13.4. The smallest absolute Gasteiger partial charge is 0.335 e. The van der Waals surface area contributed by atoms with Gasteiger partial charge in [-0.15, -0.1) is 0 Å². The van der Waals surface area contributed by atoms with Crippen molar-refractivity contribution in [3.8, 4) is 0 Å². The molecule has 0 aromatic carbocycles. The monoisotopic (exact) mass is 434 g/mol. The third-order valence-corrected chi connectivity index (χ3v) is 6.76. The Morgan fingerprint density at radius 2 is 1.79 bits per heavy atom. The van der Waals surface area contributed by atoms with Gasteiger partial charge in [0.15, 0.2) is 5.69 Å². The van der Waals surface area contributed by atoms with Crippen molar-refractivity contribution in [3.63, 3.8) is 0 Å². The van der Waals surface area contributed by atoms with Crippen molar-refractivity contribution in [1.82, 2.24) is 28.8 Å². The third-order valence-electron chi connectivity index (χ3n) is 4.76. The number of aryl methyl sites for hydroxylation is 3. The first-order valence-corrected chi connectivity index (χ1v) is 10.3. The van der Waals surface area contributed by atoms with E-state index in [2.05, 4.69) is 10.2 Å². The maximum atomic E-state index is 12.9. The van der Waals surface area contributed by atoms with Crippen molar-refractivity contribution < 1.29 is 26.4 Å². The number of piperazine rings is 1. The van der Waals surface area contributed by atoms with E-state index in [1.54, 1.807) is 6.92 Å². The van der Waals surface area contributed by atoms with Gasteiger partial charge >= 0.3 is 6.18 Å². The fourth-order valence-corrected chi connectivity index (χ4v) is 4.74. The van der Waals surface area contributed by atoms with Crippen LogP contribution in [0, 0.1) is 6.92 Å². The standard InChI is InChI=1S/C16H21F3N6O3S/c1-4-24-10-13(11(2)20-24)29(27,28)25-7-5-23(6-8-25)15(26)12-9-14(16(17,18)19)21-22(12)3/h9-10H,4-8H2,1-3H3. The van der Waals surface area contributed by atoms with Gasteiger partial charge in [-0.3, -0.25) is 14.2 Å². The minimum Gasteiger partial charge on any atom is -0.335 e. The van der Waals surface area contributed by atoms with Gasteiger partial charge < -0.3 is 4.90 Å². The second kappa shape index (κ2) is 7.44. The molecule has 1 fully saturated rings. The van der Waals surface area contributed by atoms with E-state index in [1.165, 1.54) is 27.1 Å². The van der Waals surface area contributed by atoms with Crippen LogP contribution in [0.25, 0.3) is 0 Å². The summed E-state index contributed by atoms with van der Waals surface area (Å²) in [5.74, 6) is -0.623. The topological polar surface area (TPSA) is 93.3 Å². The van der Waals surface area contributed by atoms with Crippen LogP contribution >= 0.6 is 0 Å². The van der Waals surface area contributed by atoms with E-state index in [9.17, 15) is 26.4 Å². The molecule has 29 heavy (non-hydrogen) atoms. The van der Waals surface area contributed by atoms with E-state index in [1.807, 2.05) is 6.92 Å². The second-order valence-corrected chi connectivity index (χ2v) is 8.57. The lowest BCUT2D eigenvalue weighted by molar-refractivity contribution is -0.141. The van der Waals surface area contributed by atoms with E-state index >= 15 is 0 Å². The Balaban J connectivity index is 1.72. The summed E-state index contributed by atoms with van der Waals surface area (Å²) >= 11 is 0. The van der Waals surface area contributed by atoms with Crippen LogP contribution in [0.4, 0.5) is 13.2 Å². The van der Waals surface area contributed by atoms with Crippen LogP contribution in [0.15, 0.2) is 17.2 Å². The van der Waals surface area contributed by atoms with Crippen molar-refractivity contribution in [1.29, 1.82) is 0 Å². The molecule has 3 rings (SSSR count). The molecule has 0 atom stereocenters. The number of carbonyl (C=O) groups is 1. The molecule has 2 aromatic rings. The highest BCUT2D eigenvalue weighted by Crippen LogP contribution is 2.29. The molecule has 0 N–H and O–H groups in total. The lowest BCUT2D eigenvalue weighted by Crippen LogP contribution is -2.50. The predicted molar refractivity (Wildman–Crippen MR) is 95.5 cm³/mol. The molecule has 1 aliphatic heterocycles. The minimum absolute atomic E-state index is 0.0365. The van der Waals surface area contributed by atoms with Gasteiger partial charge in [-0.05, 0) is 13.8 Å². The van der Waals surface area contributed by atoms with Crippen LogP contribution in [-0.4, -0.2) is 69.3 Å². The number of aromatic nitrogens is 4. The zero-order valence-electron chi connectivity index (χ0n) is 16.1. The average molecular weight is 434 g/mol. The quantitative estimate of drug-likeness (QED) is 0.719. The summed E-state index contributed by atoms with van der Waals surface area (Å²) in [6.45, 7) is 4.18. The van der Waals surface area contributed by atoms with Crippen LogP contribution in [0.1, 0.15) is 28.8 Å². The van der Waals surface area contributed by atoms with Crippen molar-refractivity contribution in [3.05, 3.63) is 29.3 Å². The Bertz CT molecular complexity index is 1020. The highest BCUT2D eigenvalue weighted by atomic mass is 32.2. The van der Waals surface area contributed by atoms with Gasteiger partial charge in [0.05, 0.1) is 5.69 Å². The first kappa shape index (κ1) is 21.3. The van der Waals surface area contributed by atoms with Crippen molar-refractivity contribution in [2.75, 3.05) is 26.2 Å². The SMILES string of the molecule is CCn1cc(S(=O)(=O)N2CCN(C(=O)c3cc(C(F)(F)F)nn3C)CC2)c(C)n1. The number of alkyl halides is 3. The maximum Gasteiger partial charge on any atom is 0.435 e. The highest BCUT2D eigenvalue weighted by Gasteiger charge is 2.37. The molecule has 0 saturated carbocycles. The Hall–Kier alpha value is -2.41. The van der Waals surface area contributed by atoms with Gasteiger partial charge in [0, 0.05) is 52.0 Å². The molecule has 0 spiro atoms. The average Bonchev–Trinajstić information content (AvgIpc) is 3.24. The summed E-state index contributed by atoms with van der Waals surface area (Å²) in [4.78, 5) is 14.0. The van der Waals surface area contributed by atoms with Gasteiger partial charge in [0.1, 0.15) is 10.6 Å². The number of sulfonamides is 1. The highest BCUT2D eigenvalue weighted by molar-refractivity contribution is 7.89. The van der Waals surface area contributed by atoms with Crippen LogP contribution in [0.2, 0.25) is 0 Å². The molecule has 0 radical (unpaired) electrons. The van der Waals surface area contributed by atoms with Gasteiger partial charge in [-0.1, -0.05) is 0 Å². The molecule has 13 heteroatoms. The molecule has 0 bridgehead atoms. The number of amides is 1. The lowest BCUT2D eigenvalue weighted by Gasteiger charge is -2.33. The zero-order valence-corrected chi connectivity index (χ0v) is 17.0. The molecule has 0 aliphatic carbocycles. The number of carbonyl (C=O) groups excluding carboxylic acids is 1. The van der Waals surface area contributed by atoms with Gasteiger partial charge in [-0.2, -0.15) is 27.7 Å². The van der Waals surface area contributed by atoms with Gasteiger partial charge in [-0.25, -0.2) is 8.42 Å². The number of halogens is 3. The molecule has 1 saturated heterocycles. The largest absolute Gasteiger partial charge is 0.435 e. The van der Waals surface area contributed by atoms with Crippen LogP contribution in [0.5, 0.6) is 0 Å². The molecular formula is C16H21F3N6O3S. The summed E-state index contributed by atoms with van der Waals surface area (Å²) < 4.78 is 67.9. The second-order valence-electron chi connectivity index (χ2n) is 6.67. The normalized spacial score (nSPS) is 16.4. The summed E-state index contributed by atoms with van der Waals surface area (Å²) in [5, 5.41) is 7.49. The Morgan fingerprint density at radius 1 is 1.17 bits per heavy atom. The van der Waals surface area contributed by atoms with Crippen molar-refractivity contribution in [2.24, 2.45) is 7.05 Å². The van der Waals surface area contributed by atoms with Gasteiger partial charge in [0.25, 0.3) is 5.91 Å². The summed E-state index contributed by atoms with van der Waals surface area (Å²) in [7, 11) is -2.51. The predicted octanol–water partition coefficient (Wildman–Crippen LogP) is 1.11. The van der Waals surface area contributed by atoms with Gasteiger partial charge in [0.2, 0.25) is 10.0 Å². The lowest BCUT2D eigenvalue weighted by atomic mass is 10.3. The van der Waals surface area contributed by atoms with E-state index in [-0.39, 0.29) is 36.8 Å². The molecule has 160 valence electrons. The molecule has 3 heterocycles. The number of hydrogen-bond donors (Lipinski definition) is 0. The first-order valence-electron chi connectivity index (χ1n) is 8.90. The van der Waals surface area contributed by atoms with E-state index < -0.39 is 27.8 Å². The zero-order chi connectivity index (χ0) is 21.6. The summed E-state index contributed by atoms with van der Waals surface area (Å²) in [6, 6.07) is 0.702. The van der Waals surface area contributed by atoms with Crippen molar-refractivity contribution in [2.45, 2.75) is 31.5 Å². The van der Waals surface area contributed by atoms with Crippen LogP contribution in [0.3, 0.4) is 0 Å². The summed E-state index contributed by atoms with van der Waals surface area (Å²) in [6.07, 6.45) is -3.18. The number of nitrogens with zero attached hydrogens (tertiary/aromatic N) is 6. The molecule has 1 aliphatic rings. The molecule has 1 amide bonds. The van der Waals surface area contributed by atoms with E-state index in [0.29, 0.717) is 18.3 Å². The Labute approximate surface area is 165 Å². The minimum atomic E-state index is -4.65. The molecule has 2 aromatic heterocycles. The molecule has 0 unspecified atom stereocenters. The Morgan fingerprint density at radius 3 is 2.28 bits per heavy atom. The molecule has 9 nitrogen and oxygen atoms in total. The van der Waals surface area contributed by atoms with Crippen LogP contribution in [-0.2, 0) is 29.8 Å². The van der Waals surface area contributed by atoms with Crippen molar-refractivity contribution >= 4 is 15.9 Å². The number of hydrogen-bond acceptors (Lipinski definition) is 5. The van der Waals surface area contributed by atoms with E-state index in [4.69, 9.17) is 0 Å². The van der Waals surface area contributed by atoms with Crippen LogP contribution < -0.4 is 0 Å². The maximum absolute atomic E-state index is 12.9. The third kappa shape index (κ3) is 4.01. The number of rotatable bonds is 4. The van der Waals surface area contributed by atoms with E-state index in [0.717, 1.165) is 4.68 Å². The molecular weight excluding hydrogens is 413 g/mol. The Kier molecular flexibility index (Phi) is 5.47. The fraction of sp³-hybridized carbons (Fsp3) is 0.562.